The summed E-state index contributed by atoms with van der Waals surface area (Å²) >= 11 is 0. The van der Waals surface area contributed by atoms with Crippen LogP contribution in [0.4, 0.5) is 0 Å². The molecule has 10 nitrogen and oxygen atoms in total. The number of benzene rings is 1. The molecule has 3 heterocycles. The first-order chi connectivity index (χ1) is 14.3. The summed E-state index contributed by atoms with van der Waals surface area (Å²) in [6, 6.07) is 8.64. The molecule has 154 valence electrons. The van der Waals surface area contributed by atoms with Crippen molar-refractivity contribution in [1.82, 2.24) is 20.0 Å². The average molecular weight is 409 g/mol. The maximum atomic E-state index is 12.3. The van der Waals surface area contributed by atoms with E-state index < -0.39 is 17.4 Å². The third-order valence-electron chi connectivity index (χ3n) is 5.08. The number of methoxy groups -OCH3 is 1. The predicted molar refractivity (Wildman–Crippen MR) is 104 cm³/mol. The summed E-state index contributed by atoms with van der Waals surface area (Å²) in [6.45, 7) is 0.425. The minimum Gasteiger partial charge on any atom is -0.467 e. The van der Waals surface area contributed by atoms with E-state index in [9.17, 15) is 14.7 Å². The van der Waals surface area contributed by atoms with E-state index in [1.165, 1.54) is 24.3 Å². The van der Waals surface area contributed by atoms with Crippen molar-refractivity contribution in [2.45, 2.75) is 12.0 Å². The van der Waals surface area contributed by atoms with Crippen LogP contribution in [0.1, 0.15) is 22.7 Å². The van der Waals surface area contributed by atoms with E-state index in [1.54, 1.807) is 31.3 Å². The van der Waals surface area contributed by atoms with Crippen LogP contribution < -0.4 is 10.5 Å². The molecular formula is C20H19N5O5. The van der Waals surface area contributed by atoms with Crippen molar-refractivity contribution in [3.05, 3.63) is 48.0 Å². The van der Waals surface area contributed by atoms with Gasteiger partial charge in [-0.25, -0.2) is 4.98 Å². The first kappa shape index (κ1) is 19.5. The van der Waals surface area contributed by atoms with Gasteiger partial charge in [-0.05, 0) is 11.6 Å². The van der Waals surface area contributed by atoms with Crippen molar-refractivity contribution in [1.29, 1.82) is 0 Å². The second kappa shape index (κ2) is 7.23. The quantitative estimate of drug-likeness (QED) is 0.634. The number of primary amides is 1. The lowest BCUT2D eigenvalue weighted by molar-refractivity contribution is -0.144. The van der Waals surface area contributed by atoms with Gasteiger partial charge in [0.05, 0.1) is 7.11 Å². The average Bonchev–Trinajstić information content (AvgIpc) is 3.36. The third kappa shape index (κ3) is 3.16. The molecule has 3 N–H and O–H groups in total. The molecule has 0 spiro atoms. The number of hydrogen-bond donors (Lipinski definition) is 2. The molecule has 1 aromatic carbocycles. The molecule has 0 bridgehead atoms. The molecule has 10 heteroatoms. The second-order valence-corrected chi connectivity index (χ2v) is 6.98. The van der Waals surface area contributed by atoms with Crippen molar-refractivity contribution >= 4 is 11.8 Å². The molecule has 1 fully saturated rings. The lowest BCUT2D eigenvalue weighted by Crippen LogP contribution is -2.35. The van der Waals surface area contributed by atoms with Crippen molar-refractivity contribution < 1.29 is 24.0 Å². The summed E-state index contributed by atoms with van der Waals surface area (Å²) in [6.07, 6.45) is 1.68. The highest BCUT2D eigenvalue weighted by Crippen LogP contribution is 2.35. The van der Waals surface area contributed by atoms with Crippen molar-refractivity contribution in [2.75, 3.05) is 20.7 Å². The van der Waals surface area contributed by atoms with Gasteiger partial charge in [-0.2, -0.15) is 4.98 Å². The number of aliphatic hydroxyl groups is 1. The zero-order valence-corrected chi connectivity index (χ0v) is 16.3. The molecule has 1 atom stereocenters. The number of carbonyl (C=O) groups excluding carboxylic acids is 2. The molecule has 4 rings (SSSR count). The Balaban J connectivity index is 1.72. The minimum atomic E-state index is -1.72. The highest BCUT2D eigenvalue weighted by molar-refractivity contribution is 5.98. The van der Waals surface area contributed by atoms with Gasteiger partial charge >= 0.3 is 6.01 Å². The van der Waals surface area contributed by atoms with Gasteiger partial charge in [0.25, 0.3) is 11.8 Å². The summed E-state index contributed by atoms with van der Waals surface area (Å²) in [5, 5.41) is 14.7. The topological polar surface area (TPSA) is 145 Å². The second-order valence-electron chi connectivity index (χ2n) is 6.98. The van der Waals surface area contributed by atoms with Crippen LogP contribution in [0.15, 0.2) is 41.1 Å². The van der Waals surface area contributed by atoms with E-state index in [-0.39, 0.29) is 23.9 Å². The van der Waals surface area contributed by atoms with E-state index in [4.69, 9.17) is 15.0 Å². The van der Waals surface area contributed by atoms with Crippen LogP contribution >= 0.6 is 0 Å². The van der Waals surface area contributed by atoms with E-state index in [1.807, 2.05) is 0 Å². The Morgan fingerprint density at radius 3 is 2.77 bits per heavy atom. The van der Waals surface area contributed by atoms with E-state index in [0.717, 1.165) is 0 Å². The Bertz CT molecular complexity index is 1140. The number of likely N-dealkylation sites (tertiary alicyclic amines) is 1. The number of carbonyl (C=O) groups is 2. The largest absolute Gasteiger partial charge is 0.467 e. The van der Waals surface area contributed by atoms with Crippen LogP contribution in [0.3, 0.4) is 0 Å². The van der Waals surface area contributed by atoms with E-state index >= 15 is 0 Å². The predicted octanol–water partition coefficient (Wildman–Crippen LogP) is 0.956. The molecule has 0 radical (unpaired) electrons. The van der Waals surface area contributed by atoms with Crippen LogP contribution in [0.25, 0.3) is 22.4 Å². The molecular weight excluding hydrogens is 390 g/mol. The van der Waals surface area contributed by atoms with Gasteiger partial charge in [-0.15, -0.1) is 0 Å². The van der Waals surface area contributed by atoms with Gasteiger partial charge in [-0.1, -0.05) is 23.4 Å². The first-order valence-corrected chi connectivity index (χ1v) is 9.10. The molecule has 0 aliphatic carbocycles. The molecule has 3 aromatic rings. The fourth-order valence-corrected chi connectivity index (χ4v) is 3.40. The van der Waals surface area contributed by atoms with E-state index in [0.29, 0.717) is 28.9 Å². The lowest BCUT2D eigenvalue weighted by atomic mass is 9.97. The van der Waals surface area contributed by atoms with E-state index in [2.05, 4.69) is 15.1 Å². The molecule has 30 heavy (non-hydrogen) atoms. The Kier molecular flexibility index (Phi) is 4.70. The number of rotatable bonds is 5. The Morgan fingerprint density at radius 1 is 1.33 bits per heavy atom. The third-order valence-corrected chi connectivity index (χ3v) is 5.08. The number of ether oxygens (including phenoxy) is 1. The maximum absolute atomic E-state index is 12.3. The van der Waals surface area contributed by atoms with Gasteiger partial charge in [0, 0.05) is 43.4 Å². The van der Waals surface area contributed by atoms with Crippen molar-refractivity contribution in [2.24, 2.45) is 5.73 Å². The number of aromatic nitrogens is 3. The molecule has 1 unspecified atom stereocenters. The number of nitrogens with zero attached hydrogens (tertiary/aromatic N) is 4. The number of nitrogens with two attached hydrogens (primary N) is 1. The van der Waals surface area contributed by atoms with Crippen LogP contribution in [-0.4, -0.2) is 57.6 Å². The summed E-state index contributed by atoms with van der Waals surface area (Å²) in [5.41, 5.74) is 5.90. The number of hydrogen-bond acceptors (Lipinski definition) is 8. The van der Waals surface area contributed by atoms with Crippen LogP contribution in [0.2, 0.25) is 0 Å². The summed E-state index contributed by atoms with van der Waals surface area (Å²) in [7, 11) is 3.01. The normalized spacial score (nSPS) is 18.6. The standard InChI is InChI=1S/C20H19N5O5/c1-25-7-6-20(28,18(25)27)15-9-14(24-30-15)12-5-3-4-11(8-12)13-10-22-19(29-2)23-16(13)17(21)26/h3-5,8-10,28H,6-7H2,1-2H3,(H2,21,26). The van der Waals surface area contributed by atoms with Gasteiger partial charge in [-0.3, -0.25) is 9.59 Å². The molecule has 0 saturated carbocycles. The molecule has 1 aliphatic heterocycles. The van der Waals surface area contributed by atoms with Crippen LogP contribution in [0.5, 0.6) is 6.01 Å². The van der Waals surface area contributed by atoms with Crippen molar-refractivity contribution in [3.8, 4) is 28.4 Å². The van der Waals surface area contributed by atoms with Crippen LogP contribution in [-0.2, 0) is 10.4 Å². The highest BCUT2D eigenvalue weighted by atomic mass is 16.5. The maximum Gasteiger partial charge on any atom is 0.316 e. The Hall–Kier alpha value is -3.79. The Morgan fingerprint density at radius 2 is 2.10 bits per heavy atom. The summed E-state index contributed by atoms with van der Waals surface area (Å²) in [4.78, 5) is 33.7. The zero-order valence-electron chi connectivity index (χ0n) is 16.3. The SMILES string of the molecule is COc1ncc(-c2cccc(-c3cc(C4(O)CCN(C)C4=O)on3)c2)c(C(N)=O)n1. The molecule has 1 aliphatic rings. The van der Waals surface area contributed by atoms with Crippen LogP contribution in [0, 0.1) is 0 Å². The van der Waals surface area contributed by atoms with Gasteiger partial charge in [0.1, 0.15) is 11.4 Å². The zero-order chi connectivity index (χ0) is 21.5. The smallest absolute Gasteiger partial charge is 0.316 e. The molecule has 2 aromatic heterocycles. The number of amides is 2. The minimum absolute atomic E-state index is 0.0220. The van der Waals surface area contributed by atoms with Gasteiger partial charge < -0.3 is 25.0 Å². The fourth-order valence-electron chi connectivity index (χ4n) is 3.40. The first-order valence-electron chi connectivity index (χ1n) is 9.10. The lowest BCUT2D eigenvalue weighted by Gasteiger charge is -2.16. The summed E-state index contributed by atoms with van der Waals surface area (Å²) < 4.78 is 10.3. The number of likely N-dealkylation sites (N-methyl/N-ethyl adjacent to an activating group) is 1. The van der Waals surface area contributed by atoms with Gasteiger partial charge in [0.15, 0.2) is 5.76 Å². The highest BCUT2D eigenvalue weighted by Gasteiger charge is 2.48. The van der Waals surface area contributed by atoms with Crippen molar-refractivity contribution in [3.63, 3.8) is 0 Å². The van der Waals surface area contributed by atoms with Gasteiger partial charge in [0.2, 0.25) is 5.60 Å². The molecule has 2 amide bonds. The Labute approximate surface area is 171 Å². The monoisotopic (exact) mass is 409 g/mol. The fraction of sp³-hybridized carbons (Fsp3) is 0.250. The molecule has 1 saturated heterocycles. The summed E-state index contributed by atoms with van der Waals surface area (Å²) in [5.74, 6) is -1.06.